The minimum atomic E-state index is -0.345. The Kier molecular flexibility index (Phi) is 6.06. The van der Waals surface area contributed by atoms with Crippen molar-refractivity contribution >= 4 is 17.4 Å². The number of thioether (sulfide) groups is 1. The van der Waals surface area contributed by atoms with Crippen molar-refractivity contribution in [2.75, 3.05) is 7.05 Å². The van der Waals surface area contributed by atoms with Crippen molar-refractivity contribution < 1.29 is 4.92 Å². The molecule has 1 fully saturated rings. The van der Waals surface area contributed by atoms with Crippen molar-refractivity contribution in [3.63, 3.8) is 0 Å². The third kappa shape index (κ3) is 4.45. The fourth-order valence-electron chi connectivity index (χ4n) is 3.16. The normalized spacial score (nSPS) is 25.7. The molecule has 4 nitrogen and oxygen atoms in total. The fraction of sp³-hybridized carbons (Fsp3) is 0.625. The highest BCUT2D eigenvalue weighted by molar-refractivity contribution is 8.00. The summed E-state index contributed by atoms with van der Waals surface area (Å²) >= 11 is 1.86. The van der Waals surface area contributed by atoms with E-state index in [2.05, 4.69) is 12.2 Å². The lowest BCUT2D eigenvalue weighted by Gasteiger charge is -2.35. The zero-order valence-electron chi connectivity index (χ0n) is 12.7. The minimum Gasteiger partial charge on any atom is -0.316 e. The molecule has 1 N–H and O–H groups in total. The van der Waals surface area contributed by atoms with Crippen molar-refractivity contribution in [3.8, 4) is 0 Å². The number of nitro benzene ring substituents is 1. The summed E-state index contributed by atoms with van der Waals surface area (Å²) in [5.41, 5.74) is 0.164. The van der Waals surface area contributed by atoms with Gasteiger partial charge in [0.2, 0.25) is 0 Å². The predicted molar refractivity (Wildman–Crippen MR) is 87.8 cm³/mol. The van der Waals surface area contributed by atoms with E-state index in [1.165, 1.54) is 32.1 Å². The number of nitrogens with zero attached hydrogens (tertiary/aromatic N) is 1. The molecule has 3 atom stereocenters. The molecular weight excluding hydrogens is 284 g/mol. The summed E-state index contributed by atoms with van der Waals surface area (Å²) in [6.07, 6.45) is 6.35. The lowest BCUT2D eigenvalue weighted by Crippen LogP contribution is -2.40. The average Bonchev–Trinajstić information content (AvgIpc) is 2.48. The van der Waals surface area contributed by atoms with Crippen molar-refractivity contribution in [1.29, 1.82) is 0 Å². The zero-order chi connectivity index (χ0) is 15.2. The molecule has 0 bridgehead atoms. The van der Waals surface area contributed by atoms with Gasteiger partial charge in [0.25, 0.3) is 5.69 Å². The highest BCUT2D eigenvalue weighted by atomic mass is 32.2. The SMILES string of the molecule is CCCC1CCC(NC)C(Sc2ccc([N+](=O)[O-])cc2)C1. The van der Waals surface area contributed by atoms with Crippen molar-refractivity contribution in [3.05, 3.63) is 34.4 Å². The number of hydrogen-bond acceptors (Lipinski definition) is 4. The minimum absolute atomic E-state index is 0.164. The van der Waals surface area contributed by atoms with Crippen molar-refractivity contribution in [2.45, 2.75) is 55.2 Å². The van der Waals surface area contributed by atoms with Gasteiger partial charge in [0.15, 0.2) is 0 Å². The topological polar surface area (TPSA) is 55.2 Å². The molecule has 0 saturated heterocycles. The maximum atomic E-state index is 10.7. The number of benzene rings is 1. The average molecular weight is 308 g/mol. The molecule has 0 spiro atoms. The second-order valence-corrected chi connectivity index (χ2v) is 7.08. The first-order valence-electron chi connectivity index (χ1n) is 7.72. The molecule has 5 heteroatoms. The third-order valence-corrected chi connectivity index (χ3v) is 5.67. The number of rotatable bonds is 6. The van der Waals surface area contributed by atoms with Crippen LogP contribution in [0.5, 0.6) is 0 Å². The molecule has 1 aliphatic rings. The second kappa shape index (κ2) is 7.80. The van der Waals surface area contributed by atoms with Gasteiger partial charge < -0.3 is 5.32 Å². The van der Waals surface area contributed by atoms with Crippen LogP contribution in [0.15, 0.2) is 29.2 Å². The monoisotopic (exact) mass is 308 g/mol. The number of nitrogens with one attached hydrogen (secondary N) is 1. The van der Waals surface area contributed by atoms with Crippen LogP contribution in [0.4, 0.5) is 5.69 Å². The number of hydrogen-bond donors (Lipinski definition) is 1. The van der Waals surface area contributed by atoms with E-state index in [0.717, 1.165) is 10.8 Å². The smallest absolute Gasteiger partial charge is 0.269 e. The summed E-state index contributed by atoms with van der Waals surface area (Å²) < 4.78 is 0. The van der Waals surface area contributed by atoms with Crippen molar-refractivity contribution in [1.82, 2.24) is 5.32 Å². The van der Waals surface area contributed by atoms with Gasteiger partial charge in [-0.25, -0.2) is 0 Å². The van der Waals surface area contributed by atoms with Crippen LogP contribution in [-0.2, 0) is 0 Å². The molecule has 1 aromatic carbocycles. The summed E-state index contributed by atoms with van der Waals surface area (Å²) in [6.45, 7) is 2.25. The largest absolute Gasteiger partial charge is 0.316 e. The fourth-order valence-corrected chi connectivity index (χ4v) is 4.61. The molecule has 1 saturated carbocycles. The second-order valence-electron chi connectivity index (χ2n) is 5.77. The van der Waals surface area contributed by atoms with E-state index in [0.29, 0.717) is 11.3 Å². The van der Waals surface area contributed by atoms with Crippen LogP contribution < -0.4 is 5.32 Å². The van der Waals surface area contributed by atoms with Gasteiger partial charge in [0, 0.05) is 28.3 Å². The molecule has 0 aliphatic heterocycles. The van der Waals surface area contributed by atoms with Gasteiger partial charge >= 0.3 is 0 Å². The van der Waals surface area contributed by atoms with Crippen LogP contribution in [0.25, 0.3) is 0 Å². The molecule has 2 rings (SSSR count). The Labute approximate surface area is 130 Å². The Balaban J connectivity index is 2.02. The first-order chi connectivity index (χ1) is 10.1. The molecule has 21 heavy (non-hydrogen) atoms. The van der Waals surface area contributed by atoms with E-state index < -0.39 is 0 Å². The van der Waals surface area contributed by atoms with Crippen LogP contribution in [0.3, 0.4) is 0 Å². The first-order valence-corrected chi connectivity index (χ1v) is 8.60. The van der Waals surface area contributed by atoms with E-state index in [-0.39, 0.29) is 10.6 Å². The van der Waals surface area contributed by atoms with Gasteiger partial charge in [-0.3, -0.25) is 10.1 Å². The first kappa shape index (κ1) is 16.3. The van der Waals surface area contributed by atoms with Crippen LogP contribution in [0.2, 0.25) is 0 Å². The molecular formula is C16H24N2O2S. The summed E-state index contributed by atoms with van der Waals surface area (Å²) in [5, 5.41) is 14.7. The van der Waals surface area contributed by atoms with E-state index in [1.54, 1.807) is 12.1 Å². The summed E-state index contributed by atoms with van der Waals surface area (Å²) in [7, 11) is 2.04. The van der Waals surface area contributed by atoms with Gasteiger partial charge in [0.05, 0.1) is 4.92 Å². The van der Waals surface area contributed by atoms with Gasteiger partial charge in [0.1, 0.15) is 0 Å². The molecule has 0 radical (unpaired) electrons. The van der Waals surface area contributed by atoms with Crippen LogP contribution in [0, 0.1) is 16.0 Å². The highest BCUT2D eigenvalue weighted by Gasteiger charge is 2.29. The van der Waals surface area contributed by atoms with Crippen LogP contribution in [-0.4, -0.2) is 23.3 Å². The summed E-state index contributed by atoms with van der Waals surface area (Å²) in [5.74, 6) is 0.829. The molecule has 1 aliphatic carbocycles. The van der Waals surface area contributed by atoms with E-state index in [1.807, 2.05) is 30.9 Å². The Morgan fingerprint density at radius 3 is 2.62 bits per heavy atom. The molecule has 116 valence electrons. The van der Waals surface area contributed by atoms with Crippen LogP contribution in [0.1, 0.15) is 39.0 Å². The van der Waals surface area contributed by atoms with Crippen LogP contribution >= 0.6 is 11.8 Å². The number of nitro groups is 1. The van der Waals surface area contributed by atoms with Gasteiger partial charge in [-0.2, -0.15) is 0 Å². The van der Waals surface area contributed by atoms with E-state index >= 15 is 0 Å². The highest BCUT2D eigenvalue weighted by Crippen LogP contribution is 2.38. The molecule has 0 aromatic heterocycles. The lowest BCUT2D eigenvalue weighted by atomic mass is 9.83. The number of non-ortho nitro benzene ring substituents is 1. The Hall–Kier alpha value is -1.07. The Bertz CT molecular complexity index is 464. The summed E-state index contributed by atoms with van der Waals surface area (Å²) in [4.78, 5) is 11.5. The maximum absolute atomic E-state index is 10.7. The quantitative estimate of drug-likeness (QED) is 0.630. The molecule has 1 aromatic rings. The standard InChI is InChI=1S/C16H24N2O2S/c1-3-4-12-5-10-15(17-2)16(11-12)21-14-8-6-13(7-9-14)18(19)20/h6-9,12,15-17H,3-5,10-11H2,1-2H3. The van der Waals surface area contributed by atoms with Crippen molar-refractivity contribution in [2.24, 2.45) is 5.92 Å². The van der Waals surface area contributed by atoms with E-state index in [4.69, 9.17) is 0 Å². The van der Waals surface area contributed by atoms with Gasteiger partial charge in [-0.05, 0) is 44.4 Å². The maximum Gasteiger partial charge on any atom is 0.269 e. The predicted octanol–water partition coefficient (Wildman–Crippen LogP) is 4.24. The van der Waals surface area contributed by atoms with Gasteiger partial charge in [-0.15, -0.1) is 11.8 Å². The lowest BCUT2D eigenvalue weighted by molar-refractivity contribution is -0.384. The van der Waals surface area contributed by atoms with Gasteiger partial charge in [-0.1, -0.05) is 19.8 Å². The molecule has 3 unspecified atom stereocenters. The third-order valence-electron chi connectivity index (χ3n) is 4.30. The molecule has 0 amide bonds. The Morgan fingerprint density at radius 1 is 1.33 bits per heavy atom. The Morgan fingerprint density at radius 2 is 2.05 bits per heavy atom. The van der Waals surface area contributed by atoms with E-state index in [9.17, 15) is 10.1 Å². The molecule has 0 heterocycles. The summed E-state index contributed by atoms with van der Waals surface area (Å²) in [6, 6.07) is 7.49. The zero-order valence-corrected chi connectivity index (χ0v) is 13.6.